The van der Waals surface area contributed by atoms with Crippen LogP contribution in [-0.4, -0.2) is 88.8 Å². The van der Waals surface area contributed by atoms with Gasteiger partial charge in [0, 0.05) is 22.6 Å². The largest absolute Gasteiger partial charge is 0.490 e. The van der Waals surface area contributed by atoms with Crippen molar-refractivity contribution in [3.63, 3.8) is 0 Å². The van der Waals surface area contributed by atoms with Gasteiger partial charge in [-0.1, -0.05) is 18.2 Å². The number of fused-ring (bicyclic) bond motifs is 2. The number of carbonyl (C=O) groups is 2. The van der Waals surface area contributed by atoms with Gasteiger partial charge < -0.3 is 23.7 Å². The molecular weight excluding hydrogens is 538 g/mol. The molecular formula is C32H41N3O7. The zero-order valence-electron chi connectivity index (χ0n) is 25.4. The Morgan fingerprint density at radius 1 is 0.786 bits per heavy atom. The lowest BCUT2D eigenvalue weighted by atomic mass is 9.96. The van der Waals surface area contributed by atoms with Gasteiger partial charge in [-0.3, -0.25) is 19.4 Å². The van der Waals surface area contributed by atoms with E-state index in [1.165, 1.54) is 14.2 Å². The summed E-state index contributed by atoms with van der Waals surface area (Å²) in [5.41, 5.74) is 2.49. The van der Waals surface area contributed by atoms with Crippen LogP contribution in [0.25, 0.3) is 10.9 Å². The van der Waals surface area contributed by atoms with Crippen molar-refractivity contribution in [1.82, 2.24) is 14.8 Å². The van der Waals surface area contributed by atoms with Gasteiger partial charge in [0.1, 0.15) is 0 Å². The van der Waals surface area contributed by atoms with E-state index in [2.05, 4.69) is 4.98 Å². The van der Waals surface area contributed by atoms with Crippen LogP contribution in [0.4, 0.5) is 0 Å². The standard InChI is InChI=1S/C32H41N3O7/c1-34(2)19-27(36)41-29-23-14-11-21(17-18-40-26-16-13-22-9-7-8-10-25(22)33-26)12-15-24(23)30(32(39-6)31(29)38-5)42-28(37)20-35(3)4/h7-10,13,16,21H,11-12,14-15,17-20H2,1-6H3. The third-order valence-electron chi connectivity index (χ3n) is 7.22. The summed E-state index contributed by atoms with van der Waals surface area (Å²) < 4.78 is 29.3. The fraction of sp³-hybridized carbons (Fsp3) is 0.469. The molecule has 0 spiro atoms. The second kappa shape index (κ2) is 14.3. The van der Waals surface area contributed by atoms with E-state index in [4.69, 9.17) is 23.7 Å². The Bertz CT molecular complexity index is 1340. The molecule has 0 radical (unpaired) electrons. The van der Waals surface area contributed by atoms with E-state index in [0.29, 0.717) is 42.7 Å². The van der Waals surface area contributed by atoms with Crippen LogP contribution in [0.3, 0.4) is 0 Å². The van der Waals surface area contributed by atoms with Crippen LogP contribution in [0.2, 0.25) is 0 Å². The zero-order valence-corrected chi connectivity index (χ0v) is 25.4. The molecule has 3 aromatic rings. The lowest BCUT2D eigenvalue weighted by molar-refractivity contribution is -0.136. The van der Waals surface area contributed by atoms with Gasteiger partial charge in [0.2, 0.25) is 17.4 Å². The van der Waals surface area contributed by atoms with Gasteiger partial charge in [0.15, 0.2) is 11.5 Å². The van der Waals surface area contributed by atoms with E-state index in [9.17, 15) is 9.59 Å². The van der Waals surface area contributed by atoms with Crippen LogP contribution in [0.5, 0.6) is 28.9 Å². The highest BCUT2D eigenvalue weighted by molar-refractivity contribution is 5.81. The summed E-state index contributed by atoms with van der Waals surface area (Å²) in [7, 11) is 10.2. The van der Waals surface area contributed by atoms with Crippen molar-refractivity contribution in [2.45, 2.75) is 32.1 Å². The minimum atomic E-state index is -0.419. The molecule has 0 amide bonds. The minimum Gasteiger partial charge on any atom is -0.490 e. The van der Waals surface area contributed by atoms with Crippen molar-refractivity contribution in [3.8, 4) is 28.9 Å². The molecule has 4 rings (SSSR count). The number of para-hydroxylation sites is 1. The molecule has 0 bridgehead atoms. The highest BCUT2D eigenvalue weighted by atomic mass is 16.6. The van der Waals surface area contributed by atoms with Crippen molar-refractivity contribution >= 4 is 22.8 Å². The highest BCUT2D eigenvalue weighted by Crippen LogP contribution is 2.52. The topological polar surface area (TPSA) is 99.7 Å². The van der Waals surface area contributed by atoms with Gasteiger partial charge in [-0.15, -0.1) is 0 Å². The highest BCUT2D eigenvalue weighted by Gasteiger charge is 2.32. The summed E-state index contributed by atoms with van der Waals surface area (Å²) in [4.78, 5) is 33.7. The molecule has 0 saturated heterocycles. The van der Waals surface area contributed by atoms with Crippen LogP contribution < -0.4 is 23.7 Å². The van der Waals surface area contributed by atoms with Gasteiger partial charge in [-0.05, 0) is 78.3 Å². The number of methoxy groups -OCH3 is 2. The number of aromatic nitrogens is 1. The lowest BCUT2D eigenvalue weighted by Crippen LogP contribution is -2.27. The van der Waals surface area contributed by atoms with E-state index in [1.54, 1.807) is 38.0 Å². The van der Waals surface area contributed by atoms with Gasteiger partial charge >= 0.3 is 11.9 Å². The lowest BCUT2D eigenvalue weighted by Gasteiger charge is -2.23. The first-order valence-electron chi connectivity index (χ1n) is 14.2. The summed E-state index contributed by atoms with van der Waals surface area (Å²) in [5.74, 6) is 1.20. The molecule has 10 nitrogen and oxygen atoms in total. The quantitative estimate of drug-likeness (QED) is 0.177. The van der Waals surface area contributed by atoms with Gasteiger partial charge in [-0.25, -0.2) is 4.98 Å². The molecule has 0 aliphatic heterocycles. The van der Waals surface area contributed by atoms with Crippen LogP contribution >= 0.6 is 0 Å². The number of likely N-dealkylation sites (N-methyl/N-ethyl adjacent to an activating group) is 2. The molecule has 0 unspecified atom stereocenters. The number of esters is 2. The average Bonchev–Trinajstić information content (AvgIpc) is 3.16. The van der Waals surface area contributed by atoms with Crippen LogP contribution in [-0.2, 0) is 22.4 Å². The number of hydrogen-bond acceptors (Lipinski definition) is 10. The van der Waals surface area contributed by atoms with Crippen molar-refractivity contribution in [2.75, 3.05) is 62.1 Å². The molecule has 42 heavy (non-hydrogen) atoms. The first-order chi connectivity index (χ1) is 20.2. The predicted octanol–water partition coefficient (Wildman–Crippen LogP) is 4.15. The number of nitrogens with zero attached hydrogens (tertiary/aromatic N) is 3. The Kier molecular flexibility index (Phi) is 10.6. The molecule has 0 saturated carbocycles. The molecule has 0 atom stereocenters. The monoisotopic (exact) mass is 579 g/mol. The van der Waals surface area contributed by atoms with Crippen molar-refractivity contribution in [1.29, 1.82) is 0 Å². The van der Waals surface area contributed by atoms with Crippen molar-refractivity contribution < 1.29 is 33.3 Å². The average molecular weight is 580 g/mol. The van der Waals surface area contributed by atoms with Crippen LogP contribution in [0.1, 0.15) is 30.4 Å². The van der Waals surface area contributed by atoms with Gasteiger partial charge in [-0.2, -0.15) is 0 Å². The molecule has 10 heteroatoms. The van der Waals surface area contributed by atoms with E-state index in [-0.39, 0.29) is 24.6 Å². The second-order valence-corrected chi connectivity index (χ2v) is 11.0. The zero-order chi connectivity index (χ0) is 30.2. The molecule has 226 valence electrons. The predicted molar refractivity (Wildman–Crippen MR) is 160 cm³/mol. The fourth-order valence-electron chi connectivity index (χ4n) is 5.27. The molecule has 1 aliphatic rings. The van der Waals surface area contributed by atoms with E-state index < -0.39 is 11.9 Å². The number of carbonyl (C=O) groups excluding carboxylic acids is 2. The SMILES string of the molecule is COc1c(OC(=O)CN(C)C)c2c(c(OC(=O)CN(C)C)c1OC)CCC(CCOc1ccc3ccccc3n1)CC2. The van der Waals surface area contributed by atoms with E-state index in [1.807, 2.05) is 36.4 Å². The number of rotatable bonds is 12. The molecule has 1 aromatic heterocycles. The van der Waals surface area contributed by atoms with Gasteiger partial charge in [0.25, 0.3) is 0 Å². The molecule has 2 aromatic carbocycles. The Labute approximate surface area is 247 Å². The summed E-state index contributed by atoms with van der Waals surface area (Å²) >= 11 is 0. The summed E-state index contributed by atoms with van der Waals surface area (Å²) in [6.07, 6.45) is 3.71. The maximum absolute atomic E-state index is 12.8. The third-order valence-corrected chi connectivity index (χ3v) is 7.22. The Morgan fingerprint density at radius 2 is 1.33 bits per heavy atom. The number of benzene rings is 2. The first-order valence-corrected chi connectivity index (χ1v) is 14.2. The maximum atomic E-state index is 12.8. The first kappa shape index (κ1) is 31.1. The number of ether oxygens (including phenoxy) is 5. The molecule has 1 aliphatic carbocycles. The smallest absolute Gasteiger partial charge is 0.325 e. The summed E-state index contributed by atoms with van der Waals surface area (Å²) in [6, 6.07) is 11.9. The molecule has 1 heterocycles. The van der Waals surface area contributed by atoms with E-state index in [0.717, 1.165) is 41.3 Å². The summed E-state index contributed by atoms with van der Waals surface area (Å²) in [5, 5.41) is 1.07. The normalized spacial score (nSPS) is 13.5. The van der Waals surface area contributed by atoms with Crippen LogP contribution in [0.15, 0.2) is 36.4 Å². The van der Waals surface area contributed by atoms with Crippen molar-refractivity contribution in [2.24, 2.45) is 5.92 Å². The Balaban J connectivity index is 1.58. The Morgan fingerprint density at radius 3 is 1.86 bits per heavy atom. The number of pyridine rings is 1. The maximum Gasteiger partial charge on any atom is 0.325 e. The van der Waals surface area contributed by atoms with Crippen molar-refractivity contribution in [3.05, 3.63) is 47.5 Å². The third kappa shape index (κ3) is 7.68. The Hall–Kier alpha value is -3.89. The molecule has 0 N–H and O–H groups in total. The number of hydrogen-bond donors (Lipinski definition) is 0. The van der Waals surface area contributed by atoms with Crippen LogP contribution in [0, 0.1) is 5.92 Å². The van der Waals surface area contributed by atoms with Gasteiger partial charge in [0.05, 0.1) is 39.4 Å². The molecule has 0 fully saturated rings. The second-order valence-electron chi connectivity index (χ2n) is 11.0. The fourth-order valence-corrected chi connectivity index (χ4v) is 5.27. The summed E-state index contributed by atoms with van der Waals surface area (Å²) in [6.45, 7) is 0.722. The van der Waals surface area contributed by atoms with E-state index >= 15 is 0 Å². The minimum absolute atomic E-state index is 0.0998.